The van der Waals surface area contributed by atoms with Crippen LogP contribution >= 0.6 is 0 Å². The first-order chi connectivity index (χ1) is 13.7. The summed E-state index contributed by atoms with van der Waals surface area (Å²) >= 11 is 0. The largest absolute Gasteiger partial charge is 0.416 e. The van der Waals surface area contributed by atoms with Gasteiger partial charge in [-0.1, -0.05) is 30.3 Å². The highest BCUT2D eigenvalue weighted by molar-refractivity contribution is 5.95. The predicted molar refractivity (Wildman–Crippen MR) is 99.3 cm³/mol. The Hall–Kier alpha value is -3.36. The third kappa shape index (κ3) is 6.95. The highest BCUT2D eigenvalue weighted by Gasteiger charge is 2.30. The molecule has 0 aliphatic rings. The molecule has 1 unspecified atom stereocenters. The lowest BCUT2D eigenvalue weighted by molar-refractivity contribution is -0.137. The van der Waals surface area contributed by atoms with Crippen LogP contribution in [0, 0.1) is 0 Å². The minimum Gasteiger partial charge on any atom is -0.350 e. The molecule has 2 aromatic rings. The Bertz CT molecular complexity index is 853. The number of hydrogen-bond donors (Lipinski definition) is 3. The molecule has 1 atom stereocenters. The molecular weight excluding hydrogens is 387 g/mol. The van der Waals surface area contributed by atoms with Gasteiger partial charge >= 0.3 is 6.18 Å². The Labute approximate surface area is 165 Å². The highest BCUT2D eigenvalue weighted by atomic mass is 19.4. The minimum absolute atomic E-state index is 0.0484. The number of carbonyl (C=O) groups excluding carboxylic acids is 3. The van der Waals surface area contributed by atoms with Crippen LogP contribution in [0.2, 0.25) is 0 Å². The molecule has 0 aliphatic heterocycles. The summed E-state index contributed by atoms with van der Waals surface area (Å²) in [7, 11) is 0. The number of hydrazine groups is 1. The maximum absolute atomic E-state index is 12.5. The van der Waals surface area contributed by atoms with Crippen molar-refractivity contribution in [2.75, 3.05) is 0 Å². The standard InChI is InChI=1S/C20H20F3N3O3/c1-13(14-5-3-2-4-6-14)24-17(27)11-12-18(28)25-26-19(29)15-7-9-16(10-8-15)20(21,22)23/h2-10,13H,11-12H2,1H3,(H,24,27)(H,25,28)(H,26,29). The smallest absolute Gasteiger partial charge is 0.350 e. The number of nitrogens with one attached hydrogen (secondary N) is 3. The van der Waals surface area contributed by atoms with E-state index in [4.69, 9.17) is 0 Å². The Kier molecular flexibility index (Phi) is 7.35. The van der Waals surface area contributed by atoms with Gasteiger partial charge in [-0.15, -0.1) is 0 Å². The maximum atomic E-state index is 12.5. The van der Waals surface area contributed by atoms with Gasteiger partial charge in [0.05, 0.1) is 11.6 Å². The molecule has 0 spiro atoms. The molecule has 0 bridgehead atoms. The molecule has 2 rings (SSSR count). The van der Waals surface area contributed by atoms with Gasteiger partial charge in [0.25, 0.3) is 5.91 Å². The van der Waals surface area contributed by atoms with Crippen molar-refractivity contribution in [3.05, 3.63) is 71.3 Å². The molecule has 0 heterocycles. The lowest BCUT2D eigenvalue weighted by Gasteiger charge is -2.14. The van der Waals surface area contributed by atoms with Crippen LogP contribution in [0.1, 0.15) is 47.3 Å². The van der Waals surface area contributed by atoms with Crippen LogP contribution in [0.3, 0.4) is 0 Å². The molecule has 0 saturated carbocycles. The summed E-state index contributed by atoms with van der Waals surface area (Å²) < 4.78 is 37.5. The second-order valence-electron chi connectivity index (χ2n) is 6.28. The summed E-state index contributed by atoms with van der Waals surface area (Å²) in [5.41, 5.74) is 4.22. The summed E-state index contributed by atoms with van der Waals surface area (Å²) in [5, 5.41) is 2.76. The van der Waals surface area contributed by atoms with E-state index < -0.39 is 23.6 Å². The third-order valence-electron chi connectivity index (χ3n) is 4.05. The molecule has 3 N–H and O–H groups in total. The Morgan fingerprint density at radius 3 is 2.03 bits per heavy atom. The van der Waals surface area contributed by atoms with Crippen LogP contribution < -0.4 is 16.2 Å². The van der Waals surface area contributed by atoms with E-state index in [0.717, 1.165) is 29.8 Å². The topological polar surface area (TPSA) is 87.3 Å². The summed E-state index contributed by atoms with van der Waals surface area (Å²) in [6.07, 6.45) is -4.75. The van der Waals surface area contributed by atoms with Crippen LogP contribution in [-0.2, 0) is 15.8 Å². The molecule has 0 aromatic heterocycles. The maximum Gasteiger partial charge on any atom is 0.416 e. The van der Waals surface area contributed by atoms with E-state index in [1.807, 2.05) is 37.3 Å². The zero-order chi connectivity index (χ0) is 21.4. The lowest BCUT2D eigenvalue weighted by atomic mass is 10.1. The van der Waals surface area contributed by atoms with Crippen LogP contribution in [0.4, 0.5) is 13.2 Å². The normalized spacial score (nSPS) is 12.0. The van der Waals surface area contributed by atoms with Crippen molar-refractivity contribution in [3.8, 4) is 0 Å². The molecule has 9 heteroatoms. The molecule has 29 heavy (non-hydrogen) atoms. The zero-order valence-electron chi connectivity index (χ0n) is 15.5. The third-order valence-corrected chi connectivity index (χ3v) is 4.05. The van der Waals surface area contributed by atoms with Gasteiger partial charge in [0.2, 0.25) is 11.8 Å². The van der Waals surface area contributed by atoms with E-state index in [0.29, 0.717) is 0 Å². The highest BCUT2D eigenvalue weighted by Crippen LogP contribution is 2.29. The Morgan fingerprint density at radius 2 is 1.45 bits per heavy atom. The van der Waals surface area contributed by atoms with Crippen LogP contribution in [0.5, 0.6) is 0 Å². The van der Waals surface area contributed by atoms with Crippen LogP contribution in [0.25, 0.3) is 0 Å². The Balaban J connectivity index is 1.73. The summed E-state index contributed by atoms with van der Waals surface area (Å²) in [6.45, 7) is 1.82. The number of rotatable bonds is 6. The minimum atomic E-state index is -4.50. The average Bonchev–Trinajstić information content (AvgIpc) is 2.70. The fourth-order valence-electron chi connectivity index (χ4n) is 2.44. The second kappa shape index (κ2) is 9.72. The average molecular weight is 407 g/mol. The van der Waals surface area contributed by atoms with Gasteiger partial charge in [0, 0.05) is 18.4 Å². The molecule has 0 saturated heterocycles. The van der Waals surface area contributed by atoms with Crippen LogP contribution in [-0.4, -0.2) is 17.7 Å². The van der Waals surface area contributed by atoms with Crippen molar-refractivity contribution < 1.29 is 27.6 Å². The molecule has 2 aromatic carbocycles. The summed E-state index contributed by atoms with van der Waals surface area (Å²) in [4.78, 5) is 35.6. The van der Waals surface area contributed by atoms with Crippen LogP contribution in [0.15, 0.2) is 54.6 Å². The van der Waals surface area contributed by atoms with Gasteiger partial charge in [-0.25, -0.2) is 0 Å². The van der Waals surface area contributed by atoms with Gasteiger partial charge in [0.15, 0.2) is 0 Å². The molecule has 154 valence electrons. The lowest BCUT2D eigenvalue weighted by Crippen LogP contribution is -2.42. The molecular formula is C20H20F3N3O3. The molecule has 3 amide bonds. The van der Waals surface area contributed by atoms with Gasteiger partial charge in [-0.05, 0) is 36.8 Å². The van der Waals surface area contributed by atoms with Gasteiger partial charge in [-0.2, -0.15) is 13.2 Å². The zero-order valence-corrected chi connectivity index (χ0v) is 15.5. The number of benzene rings is 2. The number of halogens is 3. The summed E-state index contributed by atoms with van der Waals surface area (Å²) in [6, 6.07) is 12.6. The first kappa shape index (κ1) is 21.9. The number of amides is 3. The van der Waals surface area contributed by atoms with Crippen molar-refractivity contribution in [2.45, 2.75) is 32.0 Å². The fraction of sp³-hybridized carbons (Fsp3) is 0.250. The van der Waals surface area contributed by atoms with E-state index in [1.54, 1.807) is 0 Å². The molecule has 6 nitrogen and oxygen atoms in total. The van der Waals surface area contributed by atoms with Gasteiger partial charge in [0.1, 0.15) is 0 Å². The van der Waals surface area contributed by atoms with Crippen molar-refractivity contribution in [1.82, 2.24) is 16.2 Å². The van der Waals surface area contributed by atoms with Gasteiger partial charge in [-0.3, -0.25) is 25.2 Å². The van der Waals surface area contributed by atoms with Crippen molar-refractivity contribution in [1.29, 1.82) is 0 Å². The quantitative estimate of drug-likeness (QED) is 0.643. The number of carbonyl (C=O) groups is 3. The van der Waals surface area contributed by atoms with Crippen molar-refractivity contribution >= 4 is 17.7 Å². The number of hydrogen-bond acceptors (Lipinski definition) is 3. The SMILES string of the molecule is CC(NC(=O)CCC(=O)NNC(=O)c1ccc(C(F)(F)F)cc1)c1ccccc1. The van der Waals surface area contributed by atoms with Gasteiger partial charge < -0.3 is 5.32 Å². The van der Waals surface area contributed by atoms with Crippen molar-refractivity contribution in [3.63, 3.8) is 0 Å². The van der Waals surface area contributed by atoms with E-state index in [2.05, 4.69) is 16.2 Å². The molecule has 0 aliphatic carbocycles. The van der Waals surface area contributed by atoms with E-state index in [-0.39, 0.29) is 30.4 Å². The van der Waals surface area contributed by atoms with E-state index in [1.165, 1.54) is 0 Å². The van der Waals surface area contributed by atoms with E-state index >= 15 is 0 Å². The molecule has 0 fully saturated rings. The first-order valence-corrected chi connectivity index (χ1v) is 8.77. The predicted octanol–water partition coefficient (Wildman–Crippen LogP) is 3.12. The molecule has 0 radical (unpaired) electrons. The number of alkyl halides is 3. The summed E-state index contributed by atoms with van der Waals surface area (Å²) in [5.74, 6) is -1.70. The second-order valence-corrected chi connectivity index (χ2v) is 6.28. The fourth-order valence-corrected chi connectivity index (χ4v) is 2.44. The van der Waals surface area contributed by atoms with E-state index in [9.17, 15) is 27.6 Å². The monoisotopic (exact) mass is 407 g/mol. The first-order valence-electron chi connectivity index (χ1n) is 8.77. The van der Waals surface area contributed by atoms with Crippen molar-refractivity contribution in [2.24, 2.45) is 0 Å². The Morgan fingerprint density at radius 1 is 0.862 bits per heavy atom.